The average Bonchev–Trinajstić information content (AvgIpc) is 2.74. The highest BCUT2D eigenvalue weighted by molar-refractivity contribution is 9.10. The Balaban J connectivity index is 2.50. The number of ether oxygens (including phenoxy) is 1. The summed E-state index contributed by atoms with van der Waals surface area (Å²) >= 11 is 4.68. The van der Waals surface area contributed by atoms with Crippen molar-refractivity contribution in [1.82, 2.24) is 0 Å². The average molecular weight is 317 g/mol. The van der Waals surface area contributed by atoms with E-state index < -0.39 is 11.9 Å². The van der Waals surface area contributed by atoms with Gasteiger partial charge < -0.3 is 9.84 Å². The number of hydrogen-bond acceptors (Lipinski definition) is 3. The van der Waals surface area contributed by atoms with Crippen molar-refractivity contribution in [2.45, 2.75) is 6.10 Å². The van der Waals surface area contributed by atoms with Crippen molar-refractivity contribution in [2.24, 2.45) is 0 Å². The molecule has 0 bridgehead atoms. The summed E-state index contributed by atoms with van der Waals surface area (Å²) in [5.41, 5.74) is 0.165. The standard InChI is InChI=1S/C12H10BrFO2S/c1-16-9-4-2-3-8(14)10(9)11(15)12-7(13)5-6-17-12/h2-6,11,15H,1H3. The van der Waals surface area contributed by atoms with Crippen LogP contribution < -0.4 is 4.74 Å². The SMILES string of the molecule is COc1cccc(F)c1C(O)c1sccc1Br. The number of hydrogen-bond donors (Lipinski definition) is 1. The summed E-state index contributed by atoms with van der Waals surface area (Å²) in [7, 11) is 1.45. The van der Waals surface area contributed by atoms with Crippen molar-refractivity contribution in [1.29, 1.82) is 0 Å². The van der Waals surface area contributed by atoms with Crippen LogP contribution in [-0.4, -0.2) is 12.2 Å². The van der Waals surface area contributed by atoms with Crippen LogP contribution in [0.2, 0.25) is 0 Å². The monoisotopic (exact) mass is 316 g/mol. The maximum absolute atomic E-state index is 13.8. The molecule has 0 aliphatic rings. The summed E-state index contributed by atoms with van der Waals surface area (Å²) in [6, 6.07) is 6.30. The van der Waals surface area contributed by atoms with Gasteiger partial charge >= 0.3 is 0 Å². The Morgan fingerprint density at radius 3 is 2.76 bits per heavy atom. The van der Waals surface area contributed by atoms with E-state index in [-0.39, 0.29) is 5.56 Å². The van der Waals surface area contributed by atoms with Gasteiger partial charge in [0.15, 0.2) is 0 Å². The molecule has 1 atom stereocenters. The molecule has 0 saturated carbocycles. The summed E-state index contributed by atoms with van der Waals surface area (Å²) < 4.78 is 19.6. The molecule has 1 aromatic carbocycles. The highest BCUT2D eigenvalue weighted by Gasteiger charge is 2.22. The van der Waals surface area contributed by atoms with Crippen molar-refractivity contribution in [3.8, 4) is 5.75 Å². The van der Waals surface area contributed by atoms with Gasteiger partial charge in [0.2, 0.25) is 0 Å². The molecule has 0 fully saturated rings. The largest absolute Gasteiger partial charge is 0.496 e. The zero-order valence-electron chi connectivity index (χ0n) is 8.98. The van der Waals surface area contributed by atoms with Crippen LogP contribution in [-0.2, 0) is 0 Å². The number of rotatable bonds is 3. The second-order valence-corrected chi connectivity index (χ2v) is 5.19. The van der Waals surface area contributed by atoms with Gasteiger partial charge in [-0.25, -0.2) is 4.39 Å². The molecule has 0 amide bonds. The van der Waals surface area contributed by atoms with Crippen molar-refractivity contribution in [2.75, 3.05) is 7.11 Å². The van der Waals surface area contributed by atoms with Crippen LogP contribution in [0.1, 0.15) is 16.5 Å². The van der Waals surface area contributed by atoms with Gasteiger partial charge in [0.05, 0.1) is 17.6 Å². The molecule has 1 heterocycles. The number of aliphatic hydroxyl groups is 1. The lowest BCUT2D eigenvalue weighted by molar-refractivity contribution is 0.212. The topological polar surface area (TPSA) is 29.5 Å². The zero-order valence-corrected chi connectivity index (χ0v) is 11.4. The number of thiophene rings is 1. The smallest absolute Gasteiger partial charge is 0.133 e. The van der Waals surface area contributed by atoms with Crippen LogP contribution in [0.3, 0.4) is 0 Å². The zero-order chi connectivity index (χ0) is 12.4. The van der Waals surface area contributed by atoms with Crippen LogP contribution in [0.25, 0.3) is 0 Å². The van der Waals surface area contributed by atoms with Gasteiger partial charge in [-0.1, -0.05) is 6.07 Å². The van der Waals surface area contributed by atoms with E-state index in [0.29, 0.717) is 10.6 Å². The van der Waals surface area contributed by atoms with E-state index in [9.17, 15) is 9.50 Å². The van der Waals surface area contributed by atoms with Crippen molar-refractivity contribution in [3.05, 3.63) is 50.4 Å². The molecule has 1 N–H and O–H groups in total. The number of aliphatic hydroxyl groups excluding tert-OH is 1. The van der Waals surface area contributed by atoms with Gasteiger partial charge in [-0.2, -0.15) is 0 Å². The number of methoxy groups -OCH3 is 1. The first-order chi connectivity index (χ1) is 8.15. The van der Waals surface area contributed by atoms with Crippen molar-refractivity contribution in [3.63, 3.8) is 0 Å². The lowest BCUT2D eigenvalue weighted by Gasteiger charge is -2.14. The third kappa shape index (κ3) is 2.36. The van der Waals surface area contributed by atoms with Crippen LogP contribution in [0, 0.1) is 5.82 Å². The number of halogens is 2. The first-order valence-electron chi connectivity index (χ1n) is 4.88. The minimum atomic E-state index is -1.03. The molecule has 0 radical (unpaired) electrons. The second-order valence-electron chi connectivity index (χ2n) is 3.39. The molecule has 0 saturated heterocycles. The Morgan fingerprint density at radius 2 is 2.18 bits per heavy atom. The fraction of sp³-hybridized carbons (Fsp3) is 0.167. The molecule has 0 spiro atoms. The van der Waals surface area contributed by atoms with Crippen LogP contribution >= 0.6 is 27.3 Å². The van der Waals surface area contributed by atoms with Crippen LogP contribution in [0.4, 0.5) is 4.39 Å². The summed E-state index contributed by atoms with van der Waals surface area (Å²) in [5.74, 6) is -0.130. The van der Waals surface area contributed by atoms with Gasteiger partial charge in [0.25, 0.3) is 0 Å². The van der Waals surface area contributed by atoms with Crippen LogP contribution in [0.5, 0.6) is 5.75 Å². The third-order valence-corrected chi connectivity index (χ3v) is 4.32. The molecule has 17 heavy (non-hydrogen) atoms. The van der Waals surface area contributed by atoms with E-state index >= 15 is 0 Å². The molecule has 0 aliphatic carbocycles. The Hall–Kier alpha value is -0.910. The molecular formula is C12H10BrFO2S. The highest BCUT2D eigenvalue weighted by Crippen LogP contribution is 2.37. The predicted octanol–water partition coefficient (Wildman–Crippen LogP) is 3.74. The van der Waals surface area contributed by atoms with E-state index in [1.54, 1.807) is 12.1 Å². The molecule has 90 valence electrons. The maximum Gasteiger partial charge on any atom is 0.133 e. The Labute approximate surface area is 111 Å². The molecule has 2 nitrogen and oxygen atoms in total. The molecule has 2 aromatic rings. The van der Waals surface area contributed by atoms with Gasteiger partial charge in [-0.3, -0.25) is 0 Å². The van der Waals surface area contributed by atoms with Gasteiger partial charge in [-0.15, -0.1) is 11.3 Å². The highest BCUT2D eigenvalue weighted by atomic mass is 79.9. The van der Waals surface area contributed by atoms with Crippen molar-refractivity contribution < 1.29 is 14.2 Å². The fourth-order valence-electron chi connectivity index (χ4n) is 1.59. The van der Waals surface area contributed by atoms with Gasteiger partial charge in [0.1, 0.15) is 17.7 Å². The van der Waals surface area contributed by atoms with Crippen LogP contribution in [0.15, 0.2) is 34.1 Å². The third-order valence-electron chi connectivity index (χ3n) is 2.40. The molecule has 2 rings (SSSR count). The first kappa shape index (κ1) is 12.5. The maximum atomic E-state index is 13.8. The molecule has 1 aromatic heterocycles. The summed E-state index contributed by atoms with van der Waals surface area (Å²) in [6.07, 6.45) is -1.03. The summed E-state index contributed by atoms with van der Waals surface area (Å²) in [5, 5.41) is 12.0. The first-order valence-corrected chi connectivity index (χ1v) is 6.55. The lowest BCUT2D eigenvalue weighted by atomic mass is 10.1. The fourth-order valence-corrected chi connectivity index (χ4v) is 3.17. The second kappa shape index (κ2) is 5.16. The normalized spacial score (nSPS) is 12.5. The molecule has 0 aliphatic heterocycles. The Kier molecular flexibility index (Phi) is 3.81. The molecule has 1 unspecified atom stereocenters. The predicted molar refractivity (Wildman–Crippen MR) is 69.0 cm³/mol. The van der Waals surface area contributed by atoms with E-state index in [1.165, 1.54) is 24.5 Å². The number of benzene rings is 1. The lowest BCUT2D eigenvalue weighted by Crippen LogP contribution is -2.04. The van der Waals surface area contributed by atoms with Crippen molar-refractivity contribution >= 4 is 27.3 Å². The van der Waals surface area contributed by atoms with E-state index in [4.69, 9.17) is 4.74 Å². The Bertz CT molecular complexity index is 527. The Morgan fingerprint density at radius 1 is 1.41 bits per heavy atom. The minimum Gasteiger partial charge on any atom is -0.496 e. The quantitative estimate of drug-likeness (QED) is 0.934. The van der Waals surface area contributed by atoms with E-state index in [0.717, 1.165) is 4.47 Å². The summed E-state index contributed by atoms with van der Waals surface area (Å²) in [4.78, 5) is 0.661. The molecule has 5 heteroatoms. The van der Waals surface area contributed by atoms with E-state index in [2.05, 4.69) is 15.9 Å². The van der Waals surface area contributed by atoms with Gasteiger partial charge in [-0.05, 0) is 39.5 Å². The van der Waals surface area contributed by atoms with Gasteiger partial charge in [0, 0.05) is 4.47 Å². The summed E-state index contributed by atoms with van der Waals surface area (Å²) in [6.45, 7) is 0. The molecular weight excluding hydrogens is 307 g/mol. The minimum absolute atomic E-state index is 0.165. The van der Waals surface area contributed by atoms with E-state index in [1.807, 2.05) is 11.4 Å².